The lowest BCUT2D eigenvalue weighted by Crippen LogP contribution is -2.32. The minimum atomic E-state index is 0.663. The number of nitrogens with one attached hydrogen (secondary N) is 1. The highest BCUT2D eigenvalue weighted by Gasteiger charge is 2.17. The molecule has 2 heteroatoms. The van der Waals surface area contributed by atoms with Gasteiger partial charge >= 0.3 is 0 Å². The number of hydrogen-bond donors (Lipinski definition) is 1. The molecule has 0 saturated heterocycles. The van der Waals surface area contributed by atoms with Gasteiger partial charge < -0.3 is 5.32 Å². The van der Waals surface area contributed by atoms with Gasteiger partial charge in [-0.05, 0) is 78.4 Å². The molecule has 0 bridgehead atoms. The van der Waals surface area contributed by atoms with Crippen LogP contribution in [-0.4, -0.2) is 12.6 Å². The van der Waals surface area contributed by atoms with Crippen molar-refractivity contribution in [3.63, 3.8) is 0 Å². The molecule has 1 aliphatic rings. The average Bonchev–Trinajstić information content (AvgIpc) is 2.97. The van der Waals surface area contributed by atoms with Crippen LogP contribution in [-0.2, 0) is 6.42 Å². The zero-order chi connectivity index (χ0) is 14.2. The molecule has 1 N–H and O–H groups in total. The molecule has 0 heterocycles. The normalized spacial score (nSPS) is 17.5. The second-order valence-corrected chi connectivity index (χ2v) is 7.46. The zero-order valence-electron chi connectivity index (χ0n) is 12.7. The summed E-state index contributed by atoms with van der Waals surface area (Å²) in [6.45, 7) is 3.41. The Bertz CT molecular complexity index is 368. The van der Waals surface area contributed by atoms with Crippen LogP contribution in [0.25, 0.3) is 0 Å². The van der Waals surface area contributed by atoms with Gasteiger partial charge in [0.05, 0.1) is 0 Å². The summed E-state index contributed by atoms with van der Waals surface area (Å²) in [4.78, 5) is 0. The Labute approximate surface area is 138 Å². The van der Waals surface area contributed by atoms with Crippen molar-refractivity contribution in [1.29, 1.82) is 0 Å². The summed E-state index contributed by atoms with van der Waals surface area (Å²) in [5.41, 5.74) is 1.48. The highest BCUT2D eigenvalue weighted by Crippen LogP contribution is 2.29. The summed E-state index contributed by atoms with van der Waals surface area (Å²) in [6, 6.07) is 9.69. The first-order valence-corrected chi connectivity index (χ1v) is 9.33. The molecule has 1 fully saturated rings. The summed E-state index contributed by atoms with van der Waals surface area (Å²) in [7, 11) is 0. The monoisotopic (exact) mass is 385 g/mol. The number of halogens is 1. The Morgan fingerprint density at radius 1 is 1.20 bits per heavy atom. The quantitative estimate of drug-likeness (QED) is 0.609. The van der Waals surface area contributed by atoms with E-state index >= 15 is 0 Å². The Morgan fingerprint density at radius 2 is 1.90 bits per heavy atom. The Morgan fingerprint density at radius 3 is 2.55 bits per heavy atom. The van der Waals surface area contributed by atoms with Crippen LogP contribution in [0.15, 0.2) is 24.3 Å². The third-order valence-corrected chi connectivity index (χ3v) is 5.20. The van der Waals surface area contributed by atoms with E-state index in [4.69, 9.17) is 0 Å². The van der Waals surface area contributed by atoms with Crippen molar-refractivity contribution in [2.45, 2.75) is 64.3 Å². The van der Waals surface area contributed by atoms with Crippen molar-refractivity contribution < 1.29 is 0 Å². The maximum absolute atomic E-state index is 3.75. The van der Waals surface area contributed by atoms with Gasteiger partial charge in [0.1, 0.15) is 0 Å². The molecule has 1 unspecified atom stereocenters. The van der Waals surface area contributed by atoms with Crippen molar-refractivity contribution in [2.75, 3.05) is 6.54 Å². The van der Waals surface area contributed by atoms with E-state index in [0.717, 1.165) is 12.5 Å². The first-order valence-electron chi connectivity index (χ1n) is 8.25. The SMILES string of the molecule is CCCNC(CCC1CCCC1)Cc1ccc(I)cc1. The molecule has 1 aliphatic carbocycles. The van der Waals surface area contributed by atoms with Gasteiger partial charge in [-0.15, -0.1) is 0 Å². The number of hydrogen-bond acceptors (Lipinski definition) is 1. The van der Waals surface area contributed by atoms with E-state index in [0.29, 0.717) is 6.04 Å². The molecule has 112 valence electrons. The zero-order valence-corrected chi connectivity index (χ0v) is 14.9. The highest BCUT2D eigenvalue weighted by molar-refractivity contribution is 14.1. The molecule has 0 spiro atoms. The summed E-state index contributed by atoms with van der Waals surface area (Å²) >= 11 is 2.38. The number of benzene rings is 1. The largest absolute Gasteiger partial charge is 0.314 e. The molecule has 1 saturated carbocycles. The summed E-state index contributed by atoms with van der Waals surface area (Å²) < 4.78 is 1.33. The molecule has 0 aliphatic heterocycles. The predicted octanol–water partition coefficient (Wildman–Crippen LogP) is 5.17. The van der Waals surface area contributed by atoms with E-state index in [1.54, 1.807) is 0 Å². The summed E-state index contributed by atoms with van der Waals surface area (Å²) in [5.74, 6) is 1.01. The van der Waals surface area contributed by atoms with E-state index < -0.39 is 0 Å². The van der Waals surface area contributed by atoms with Gasteiger partial charge in [-0.1, -0.05) is 44.7 Å². The van der Waals surface area contributed by atoms with Crippen LogP contribution in [0.2, 0.25) is 0 Å². The van der Waals surface area contributed by atoms with Crippen LogP contribution in [0.3, 0.4) is 0 Å². The van der Waals surface area contributed by atoms with E-state index in [1.807, 2.05) is 0 Å². The van der Waals surface area contributed by atoms with Crippen molar-refractivity contribution in [1.82, 2.24) is 5.32 Å². The summed E-state index contributed by atoms with van der Waals surface area (Å²) in [6.07, 6.45) is 11.1. The topological polar surface area (TPSA) is 12.0 Å². The first kappa shape index (κ1) is 16.3. The molecule has 1 aromatic carbocycles. The smallest absolute Gasteiger partial charge is 0.0130 e. The van der Waals surface area contributed by atoms with Crippen molar-refractivity contribution >= 4 is 22.6 Å². The predicted molar refractivity (Wildman–Crippen MR) is 96.1 cm³/mol. The molecule has 0 radical (unpaired) electrons. The van der Waals surface area contributed by atoms with E-state index in [2.05, 4.69) is 59.1 Å². The van der Waals surface area contributed by atoms with Crippen LogP contribution in [0.1, 0.15) is 57.4 Å². The molecule has 0 amide bonds. The lowest BCUT2D eigenvalue weighted by molar-refractivity contribution is 0.402. The van der Waals surface area contributed by atoms with E-state index in [-0.39, 0.29) is 0 Å². The fourth-order valence-electron chi connectivity index (χ4n) is 3.27. The highest BCUT2D eigenvalue weighted by atomic mass is 127. The van der Waals surface area contributed by atoms with Crippen LogP contribution in [0.4, 0.5) is 0 Å². The fourth-order valence-corrected chi connectivity index (χ4v) is 3.63. The third-order valence-electron chi connectivity index (χ3n) is 4.48. The molecule has 20 heavy (non-hydrogen) atoms. The van der Waals surface area contributed by atoms with Crippen molar-refractivity contribution in [2.24, 2.45) is 5.92 Å². The second kappa shape index (κ2) is 9.04. The van der Waals surface area contributed by atoms with Gasteiger partial charge in [0.2, 0.25) is 0 Å². The lowest BCUT2D eigenvalue weighted by atomic mass is 9.95. The average molecular weight is 385 g/mol. The molecule has 0 aromatic heterocycles. The van der Waals surface area contributed by atoms with Gasteiger partial charge in [0, 0.05) is 9.61 Å². The molecule has 2 rings (SSSR count). The van der Waals surface area contributed by atoms with E-state index in [1.165, 1.54) is 60.5 Å². The minimum Gasteiger partial charge on any atom is -0.314 e. The van der Waals surface area contributed by atoms with E-state index in [9.17, 15) is 0 Å². The maximum atomic E-state index is 3.75. The second-order valence-electron chi connectivity index (χ2n) is 6.21. The number of rotatable bonds is 8. The van der Waals surface area contributed by atoms with Gasteiger partial charge in [0.25, 0.3) is 0 Å². The maximum Gasteiger partial charge on any atom is 0.0130 e. The van der Waals surface area contributed by atoms with Crippen molar-refractivity contribution in [3.8, 4) is 0 Å². The Kier molecular flexibility index (Phi) is 7.36. The van der Waals surface area contributed by atoms with Crippen LogP contribution >= 0.6 is 22.6 Å². The Hall–Kier alpha value is -0.0900. The summed E-state index contributed by atoms with van der Waals surface area (Å²) in [5, 5.41) is 3.75. The fraction of sp³-hybridized carbons (Fsp3) is 0.667. The molecular weight excluding hydrogens is 357 g/mol. The molecular formula is C18H28IN. The Balaban J connectivity index is 1.83. The van der Waals surface area contributed by atoms with Gasteiger partial charge in [-0.25, -0.2) is 0 Å². The van der Waals surface area contributed by atoms with Gasteiger partial charge in [-0.2, -0.15) is 0 Å². The van der Waals surface area contributed by atoms with Crippen molar-refractivity contribution in [3.05, 3.63) is 33.4 Å². The minimum absolute atomic E-state index is 0.663. The molecule has 1 aromatic rings. The van der Waals surface area contributed by atoms with Crippen LogP contribution < -0.4 is 5.32 Å². The first-order chi connectivity index (χ1) is 9.78. The lowest BCUT2D eigenvalue weighted by Gasteiger charge is -2.20. The molecule has 1 atom stereocenters. The third kappa shape index (κ3) is 5.72. The van der Waals surface area contributed by atoms with Gasteiger partial charge in [0.15, 0.2) is 0 Å². The standard InChI is InChI=1S/C18H28IN/c1-2-13-20-18(12-9-15-5-3-4-6-15)14-16-7-10-17(19)11-8-16/h7-8,10-11,15,18,20H,2-6,9,12-14H2,1H3. The van der Waals surface area contributed by atoms with Gasteiger partial charge in [-0.3, -0.25) is 0 Å². The van der Waals surface area contributed by atoms with Crippen LogP contribution in [0, 0.1) is 9.49 Å². The molecule has 1 nitrogen and oxygen atoms in total. The van der Waals surface area contributed by atoms with Crippen LogP contribution in [0.5, 0.6) is 0 Å².